The zero-order valence-corrected chi connectivity index (χ0v) is 9.73. The molecule has 0 aliphatic rings. The minimum absolute atomic E-state index is 0.435. The lowest BCUT2D eigenvalue weighted by molar-refractivity contribution is 0.203. The van der Waals surface area contributed by atoms with Gasteiger partial charge in [0.1, 0.15) is 0 Å². The predicted octanol–water partition coefficient (Wildman–Crippen LogP) is 2.70. The van der Waals surface area contributed by atoms with Gasteiger partial charge in [-0.3, -0.25) is 0 Å². The molecule has 78 valence electrons. The molecule has 1 aromatic rings. The largest absolute Gasteiger partial charge is 0.398 e. The molecule has 0 bridgehead atoms. The van der Waals surface area contributed by atoms with Gasteiger partial charge in [-0.2, -0.15) is 0 Å². The first-order valence-corrected chi connectivity index (χ1v) is 5.53. The fourth-order valence-corrected chi connectivity index (χ4v) is 2.24. The summed E-state index contributed by atoms with van der Waals surface area (Å²) in [5, 5.41) is 0.435. The second-order valence-electron chi connectivity index (χ2n) is 3.43. The van der Waals surface area contributed by atoms with Crippen LogP contribution >= 0.6 is 11.8 Å². The number of nitrogens with two attached hydrogens (primary N) is 1. The smallest absolute Gasteiger partial charge is 0.0582 e. The van der Waals surface area contributed by atoms with Crippen molar-refractivity contribution in [3.63, 3.8) is 0 Å². The van der Waals surface area contributed by atoms with E-state index in [1.807, 2.05) is 13.0 Å². The highest BCUT2D eigenvalue weighted by Gasteiger charge is 2.06. The van der Waals surface area contributed by atoms with E-state index in [0.29, 0.717) is 5.25 Å². The molecule has 0 radical (unpaired) electrons. The molecule has 0 amide bonds. The van der Waals surface area contributed by atoms with Gasteiger partial charge in [0, 0.05) is 22.9 Å². The lowest BCUT2D eigenvalue weighted by Gasteiger charge is -2.11. The van der Waals surface area contributed by atoms with Crippen LogP contribution in [0, 0.1) is 6.92 Å². The summed E-state index contributed by atoms with van der Waals surface area (Å²) in [5.41, 5.74) is 7.96. The average Bonchev–Trinajstić information content (AvgIpc) is 2.10. The third-order valence-corrected chi connectivity index (χ3v) is 3.06. The summed E-state index contributed by atoms with van der Waals surface area (Å²) in [6, 6.07) is 6.15. The number of nitrogen functional groups attached to an aromatic ring is 1. The zero-order valence-electron chi connectivity index (χ0n) is 8.91. The Morgan fingerprint density at radius 3 is 2.79 bits per heavy atom. The summed E-state index contributed by atoms with van der Waals surface area (Å²) >= 11 is 1.75. The molecular weight excluding hydrogens is 194 g/mol. The Morgan fingerprint density at radius 2 is 2.21 bits per heavy atom. The van der Waals surface area contributed by atoms with Gasteiger partial charge in [-0.05, 0) is 24.6 Å². The summed E-state index contributed by atoms with van der Waals surface area (Å²) in [7, 11) is 1.72. The molecule has 0 fully saturated rings. The number of anilines is 1. The third kappa shape index (κ3) is 3.24. The number of thioether (sulfide) groups is 1. The molecule has 0 heterocycles. The summed E-state index contributed by atoms with van der Waals surface area (Å²) in [6.45, 7) is 4.93. The molecule has 0 spiro atoms. The number of benzene rings is 1. The molecule has 1 atom stereocenters. The van der Waals surface area contributed by atoms with Crippen LogP contribution in [0.25, 0.3) is 0 Å². The molecule has 0 aromatic heterocycles. The highest BCUT2D eigenvalue weighted by Crippen LogP contribution is 2.29. The fraction of sp³-hybridized carbons (Fsp3) is 0.455. The van der Waals surface area contributed by atoms with Gasteiger partial charge >= 0.3 is 0 Å². The number of methoxy groups -OCH3 is 1. The van der Waals surface area contributed by atoms with E-state index in [9.17, 15) is 0 Å². The molecule has 0 aliphatic heterocycles. The lowest BCUT2D eigenvalue weighted by atomic mass is 10.2. The standard InChI is InChI=1S/C11H17NOS/c1-8-4-5-11(10(12)6-8)14-9(2)7-13-3/h4-6,9H,7,12H2,1-3H3. The molecule has 3 heteroatoms. The van der Waals surface area contributed by atoms with Crippen molar-refractivity contribution < 1.29 is 4.74 Å². The molecule has 1 aromatic carbocycles. The van der Waals surface area contributed by atoms with Crippen molar-refractivity contribution in [3.05, 3.63) is 23.8 Å². The SMILES string of the molecule is COCC(C)Sc1ccc(C)cc1N. The summed E-state index contributed by atoms with van der Waals surface area (Å²) in [4.78, 5) is 1.14. The van der Waals surface area contributed by atoms with E-state index >= 15 is 0 Å². The van der Waals surface area contributed by atoms with Gasteiger partial charge in [-0.1, -0.05) is 13.0 Å². The minimum Gasteiger partial charge on any atom is -0.398 e. The quantitative estimate of drug-likeness (QED) is 0.614. The zero-order chi connectivity index (χ0) is 10.6. The van der Waals surface area contributed by atoms with Crippen LogP contribution in [0.15, 0.2) is 23.1 Å². The van der Waals surface area contributed by atoms with Crippen molar-refractivity contribution in [2.45, 2.75) is 24.0 Å². The molecule has 2 nitrogen and oxygen atoms in total. The van der Waals surface area contributed by atoms with Crippen molar-refractivity contribution in [1.82, 2.24) is 0 Å². The number of hydrogen-bond acceptors (Lipinski definition) is 3. The van der Waals surface area contributed by atoms with Gasteiger partial charge < -0.3 is 10.5 Å². The number of aryl methyl sites for hydroxylation is 1. The van der Waals surface area contributed by atoms with Crippen LogP contribution in [0.2, 0.25) is 0 Å². The topological polar surface area (TPSA) is 35.2 Å². The van der Waals surface area contributed by atoms with E-state index < -0.39 is 0 Å². The maximum atomic E-state index is 5.90. The maximum Gasteiger partial charge on any atom is 0.0582 e. The van der Waals surface area contributed by atoms with Gasteiger partial charge in [0.2, 0.25) is 0 Å². The first kappa shape index (κ1) is 11.4. The normalized spacial score (nSPS) is 12.8. The first-order valence-electron chi connectivity index (χ1n) is 4.65. The number of hydrogen-bond donors (Lipinski definition) is 1. The van der Waals surface area contributed by atoms with Crippen molar-refractivity contribution in [2.75, 3.05) is 19.5 Å². The Morgan fingerprint density at radius 1 is 1.50 bits per heavy atom. The molecule has 1 rings (SSSR count). The second-order valence-corrected chi connectivity index (χ2v) is 4.91. The first-order chi connectivity index (χ1) is 6.63. The van der Waals surface area contributed by atoms with Gasteiger partial charge in [0.05, 0.1) is 6.61 Å². The van der Waals surface area contributed by atoms with Crippen molar-refractivity contribution in [3.8, 4) is 0 Å². The Bertz CT molecular complexity index is 301. The summed E-state index contributed by atoms with van der Waals surface area (Å²) in [5.74, 6) is 0. The molecule has 1 unspecified atom stereocenters. The van der Waals surface area contributed by atoms with Crippen LogP contribution in [-0.2, 0) is 4.74 Å². The predicted molar refractivity (Wildman–Crippen MR) is 62.8 cm³/mol. The van der Waals surface area contributed by atoms with E-state index in [-0.39, 0.29) is 0 Å². The molecule has 2 N–H and O–H groups in total. The molecule has 0 saturated heterocycles. The monoisotopic (exact) mass is 211 g/mol. The lowest BCUT2D eigenvalue weighted by Crippen LogP contribution is -2.05. The van der Waals surface area contributed by atoms with Crippen molar-refractivity contribution in [1.29, 1.82) is 0 Å². The van der Waals surface area contributed by atoms with E-state index in [4.69, 9.17) is 10.5 Å². The molecule has 0 saturated carbocycles. The fourth-order valence-electron chi connectivity index (χ4n) is 1.26. The second kappa shape index (κ2) is 5.27. The summed E-state index contributed by atoms with van der Waals surface area (Å²) in [6.07, 6.45) is 0. The van der Waals surface area contributed by atoms with Crippen molar-refractivity contribution in [2.24, 2.45) is 0 Å². The van der Waals surface area contributed by atoms with Crippen LogP contribution < -0.4 is 5.73 Å². The average molecular weight is 211 g/mol. The Kier molecular flexibility index (Phi) is 4.29. The van der Waals surface area contributed by atoms with Gasteiger partial charge in [0.25, 0.3) is 0 Å². The van der Waals surface area contributed by atoms with E-state index in [0.717, 1.165) is 17.2 Å². The molecular formula is C11H17NOS. The van der Waals surface area contributed by atoms with Gasteiger partial charge in [0.15, 0.2) is 0 Å². The van der Waals surface area contributed by atoms with Crippen molar-refractivity contribution >= 4 is 17.4 Å². The highest BCUT2D eigenvalue weighted by atomic mass is 32.2. The number of ether oxygens (including phenoxy) is 1. The van der Waals surface area contributed by atoms with Crippen LogP contribution in [-0.4, -0.2) is 19.0 Å². The van der Waals surface area contributed by atoms with E-state index in [1.54, 1.807) is 18.9 Å². The minimum atomic E-state index is 0.435. The Labute approximate surface area is 89.8 Å². The molecule has 0 aliphatic carbocycles. The van der Waals surface area contributed by atoms with Crippen LogP contribution in [0.3, 0.4) is 0 Å². The Hall–Kier alpha value is -0.670. The van der Waals surface area contributed by atoms with E-state index in [1.165, 1.54) is 5.56 Å². The maximum absolute atomic E-state index is 5.90. The third-order valence-electron chi connectivity index (χ3n) is 1.89. The van der Waals surface area contributed by atoms with E-state index in [2.05, 4.69) is 19.1 Å². The number of rotatable bonds is 4. The molecule has 14 heavy (non-hydrogen) atoms. The van der Waals surface area contributed by atoms with Crippen LogP contribution in [0.5, 0.6) is 0 Å². The van der Waals surface area contributed by atoms with Gasteiger partial charge in [-0.15, -0.1) is 11.8 Å². The van der Waals surface area contributed by atoms with Crippen LogP contribution in [0.1, 0.15) is 12.5 Å². The summed E-state index contributed by atoms with van der Waals surface area (Å²) < 4.78 is 5.08. The highest BCUT2D eigenvalue weighted by molar-refractivity contribution is 8.00. The van der Waals surface area contributed by atoms with Gasteiger partial charge in [-0.25, -0.2) is 0 Å². The van der Waals surface area contributed by atoms with Crippen LogP contribution in [0.4, 0.5) is 5.69 Å². The Balaban J connectivity index is 2.67.